The molecule has 0 unspecified atom stereocenters. The van der Waals surface area contributed by atoms with E-state index in [4.69, 9.17) is 13.9 Å². The minimum atomic E-state index is -0.457. The van der Waals surface area contributed by atoms with Gasteiger partial charge in [-0.15, -0.1) is 0 Å². The smallest absolute Gasteiger partial charge is 0.273 e. The number of hydrogen-bond acceptors (Lipinski definition) is 5. The maximum Gasteiger partial charge on any atom is 0.273 e. The lowest BCUT2D eigenvalue weighted by molar-refractivity contribution is -0.0974. The first-order chi connectivity index (χ1) is 7.71. The number of rotatable bonds is 6. The van der Waals surface area contributed by atoms with Gasteiger partial charge in [-0.1, -0.05) is 6.92 Å². The molecule has 0 saturated carbocycles. The molecule has 0 bridgehead atoms. The lowest BCUT2D eigenvalue weighted by atomic mass is 10.4. The quantitative estimate of drug-likeness (QED) is 0.721. The van der Waals surface area contributed by atoms with Crippen LogP contribution in [0.25, 0.3) is 0 Å². The van der Waals surface area contributed by atoms with E-state index in [2.05, 4.69) is 10.3 Å². The van der Waals surface area contributed by atoms with E-state index in [0.717, 1.165) is 0 Å². The number of ether oxygens (including phenoxy) is 2. The van der Waals surface area contributed by atoms with Crippen molar-refractivity contribution in [1.82, 2.24) is 10.3 Å². The van der Waals surface area contributed by atoms with Crippen LogP contribution in [0.1, 0.15) is 23.3 Å². The second kappa shape index (κ2) is 6.24. The minimum absolute atomic E-state index is 0.264. The standard InChI is InChI=1S/C10H16N2O4/c1-4-8-12-7(6-16-8)10(13)11-5-9(14-2)15-3/h6,9H,4-5H2,1-3H3,(H,11,13). The van der Waals surface area contributed by atoms with Crippen LogP contribution in [0.2, 0.25) is 0 Å². The summed E-state index contributed by atoms with van der Waals surface area (Å²) in [6.45, 7) is 2.17. The Morgan fingerprint density at radius 2 is 2.25 bits per heavy atom. The third kappa shape index (κ3) is 3.32. The molecule has 0 saturated heterocycles. The van der Waals surface area contributed by atoms with Gasteiger partial charge < -0.3 is 19.2 Å². The summed E-state index contributed by atoms with van der Waals surface area (Å²) in [5.74, 6) is 0.239. The van der Waals surface area contributed by atoms with Crippen LogP contribution in [0.15, 0.2) is 10.7 Å². The summed E-state index contributed by atoms with van der Waals surface area (Å²) >= 11 is 0. The average molecular weight is 228 g/mol. The van der Waals surface area contributed by atoms with Crippen molar-refractivity contribution in [3.05, 3.63) is 17.8 Å². The van der Waals surface area contributed by atoms with E-state index < -0.39 is 6.29 Å². The van der Waals surface area contributed by atoms with Gasteiger partial charge in [0.2, 0.25) is 0 Å². The van der Waals surface area contributed by atoms with Gasteiger partial charge in [0, 0.05) is 20.6 Å². The Morgan fingerprint density at radius 3 is 2.75 bits per heavy atom. The highest BCUT2D eigenvalue weighted by atomic mass is 16.7. The highest BCUT2D eigenvalue weighted by Crippen LogP contribution is 2.02. The number of nitrogens with one attached hydrogen (secondary N) is 1. The number of carbonyl (C=O) groups excluding carboxylic acids is 1. The van der Waals surface area contributed by atoms with E-state index >= 15 is 0 Å². The van der Waals surface area contributed by atoms with Crippen molar-refractivity contribution in [2.45, 2.75) is 19.6 Å². The molecule has 16 heavy (non-hydrogen) atoms. The topological polar surface area (TPSA) is 73.6 Å². The van der Waals surface area contributed by atoms with Crippen molar-refractivity contribution in [2.24, 2.45) is 0 Å². The summed E-state index contributed by atoms with van der Waals surface area (Å²) in [5.41, 5.74) is 0.266. The molecular formula is C10H16N2O4. The zero-order valence-electron chi connectivity index (χ0n) is 9.65. The molecule has 0 spiro atoms. The van der Waals surface area contributed by atoms with Gasteiger partial charge in [-0.3, -0.25) is 4.79 Å². The van der Waals surface area contributed by atoms with Crippen LogP contribution in [-0.4, -0.2) is 37.9 Å². The maximum atomic E-state index is 11.6. The Morgan fingerprint density at radius 1 is 1.56 bits per heavy atom. The summed E-state index contributed by atoms with van der Waals surface area (Å²) in [6, 6.07) is 0. The fourth-order valence-electron chi connectivity index (χ4n) is 1.11. The zero-order valence-corrected chi connectivity index (χ0v) is 9.65. The van der Waals surface area contributed by atoms with E-state index in [1.54, 1.807) is 0 Å². The monoisotopic (exact) mass is 228 g/mol. The van der Waals surface area contributed by atoms with E-state index in [-0.39, 0.29) is 18.1 Å². The third-order valence-corrected chi connectivity index (χ3v) is 2.04. The average Bonchev–Trinajstić information content (AvgIpc) is 2.78. The first kappa shape index (κ1) is 12.7. The van der Waals surface area contributed by atoms with Crippen molar-refractivity contribution in [3.63, 3.8) is 0 Å². The molecule has 0 aliphatic heterocycles. The number of amides is 1. The molecule has 6 nitrogen and oxygen atoms in total. The number of aryl methyl sites for hydroxylation is 1. The zero-order chi connectivity index (χ0) is 12.0. The Hall–Kier alpha value is -1.40. The van der Waals surface area contributed by atoms with Crippen LogP contribution < -0.4 is 5.32 Å². The van der Waals surface area contributed by atoms with Gasteiger partial charge in [0.25, 0.3) is 5.91 Å². The first-order valence-electron chi connectivity index (χ1n) is 4.99. The molecule has 1 aromatic heterocycles. The fraction of sp³-hybridized carbons (Fsp3) is 0.600. The summed E-state index contributed by atoms with van der Waals surface area (Å²) in [6.07, 6.45) is 1.54. The molecule has 0 aliphatic carbocycles. The number of carbonyl (C=O) groups is 1. The molecule has 6 heteroatoms. The largest absolute Gasteiger partial charge is 0.448 e. The third-order valence-electron chi connectivity index (χ3n) is 2.04. The van der Waals surface area contributed by atoms with Gasteiger partial charge in [0.1, 0.15) is 6.26 Å². The van der Waals surface area contributed by atoms with Crippen LogP contribution in [0.3, 0.4) is 0 Å². The predicted octanol–water partition coefficient (Wildman–Crippen LogP) is 0.586. The highest BCUT2D eigenvalue weighted by Gasteiger charge is 2.13. The van der Waals surface area contributed by atoms with E-state index in [9.17, 15) is 4.79 Å². The summed E-state index contributed by atoms with van der Waals surface area (Å²) in [4.78, 5) is 15.6. The Labute approximate surface area is 93.9 Å². The molecule has 0 radical (unpaired) electrons. The maximum absolute atomic E-state index is 11.6. The molecule has 1 N–H and O–H groups in total. The number of hydrogen-bond donors (Lipinski definition) is 1. The Bertz CT molecular complexity index is 333. The summed E-state index contributed by atoms with van der Waals surface area (Å²) in [7, 11) is 3.01. The van der Waals surface area contributed by atoms with Crippen LogP contribution in [0.4, 0.5) is 0 Å². The number of aromatic nitrogens is 1. The van der Waals surface area contributed by atoms with Crippen LogP contribution >= 0.6 is 0 Å². The molecule has 1 aromatic rings. The van der Waals surface area contributed by atoms with Gasteiger partial charge in [-0.25, -0.2) is 4.98 Å². The van der Waals surface area contributed by atoms with Crippen molar-refractivity contribution in [2.75, 3.05) is 20.8 Å². The SMILES string of the molecule is CCc1nc(C(=O)NCC(OC)OC)co1. The van der Waals surface area contributed by atoms with Gasteiger partial charge in [-0.05, 0) is 0 Å². The van der Waals surface area contributed by atoms with Gasteiger partial charge >= 0.3 is 0 Å². The van der Waals surface area contributed by atoms with Crippen molar-refractivity contribution in [3.8, 4) is 0 Å². The molecule has 1 amide bonds. The molecule has 1 rings (SSSR count). The van der Waals surface area contributed by atoms with Crippen molar-refractivity contribution < 1.29 is 18.7 Å². The van der Waals surface area contributed by atoms with Crippen LogP contribution in [-0.2, 0) is 15.9 Å². The molecule has 90 valence electrons. The van der Waals surface area contributed by atoms with Crippen molar-refractivity contribution >= 4 is 5.91 Å². The number of oxazole rings is 1. The first-order valence-corrected chi connectivity index (χ1v) is 4.99. The predicted molar refractivity (Wildman–Crippen MR) is 56.0 cm³/mol. The molecule has 0 fully saturated rings. The van der Waals surface area contributed by atoms with Gasteiger partial charge in [-0.2, -0.15) is 0 Å². The van der Waals surface area contributed by atoms with Gasteiger partial charge in [0.05, 0.1) is 6.54 Å². The minimum Gasteiger partial charge on any atom is -0.448 e. The molecule has 1 heterocycles. The van der Waals surface area contributed by atoms with E-state index in [0.29, 0.717) is 12.3 Å². The van der Waals surface area contributed by atoms with E-state index in [1.807, 2.05) is 6.92 Å². The normalized spacial score (nSPS) is 10.8. The fourth-order valence-corrected chi connectivity index (χ4v) is 1.11. The second-order valence-corrected chi connectivity index (χ2v) is 3.09. The lowest BCUT2D eigenvalue weighted by Gasteiger charge is -2.13. The summed E-state index contributed by atoms with van der Waals surface area (Å²) in [5, 5.41) is 2.63. The van der Waals surface area contributed by atoms with Crippen molar-refractivity contribution in [1.29, 1.82) is 0 Å². The lowest BCUT2D eigenvalue weighted by Crippen LogP contribution is -2.34. The molecular weight excluding hydrogens is 212 g/mol. The Kier molecular flexibility index (Phi) is 4.94. The van der Waals surface area contributed by atoms with Crippen LogP contribution in [0.5, 0.6) is 0 Å². The van der Waals surface area contributed by atoms with Crippen LogP contribution in [0, 0.1) is 0 Å². The molecule has 0 aliphatic rings. The number of methoxy groups -OCH3 is 2. The molecule has 0 atom stereocenters. The highest BCUT2D eigenvalue weighted by molar-refractivity contribution is 5.91. The Balaban J connectivity index is 2.46. The summed E-state index contributed by atoms with van der Waals surface area (Å²) < 4.78 is 14.9. The second-order valence-electron chi connectivity index (χ2n) is 3.09. The molecule has 0 aromatic carbocycles. The van der Waals surface area contributed by atoms with Gasteiger partial charge in [0.15, 0.2) is 17.9 Å². The van der Waals surface area contributed by atoms with E-state index in [1.165, 1.54) is 20.5 Å². The number of nitrogens with zero attached hydrogens (tertiary/aromatic N) is 1.